The molecule has 2 fully saturated rings. The molecule has 28 heavy (non-hydrogen) atoms. The van der Waals surface area contributed by atoms with Crippen LogP contribution in [0.25, 0.3) is 0 Å². The number of rotatable bonds is 9. The lowest BCUT2D eigenvalue weighted by Crippen LogP contribution is -2.56. The third kappa shape index (κ3) is 4.89. The lowest BCUT2D eigenvalue weighted by atomic mass is 9.62. The highest BCUT2D eigenvalue weighted by Crippen LogP contribution is 2.52. The van der Waals surface area contributed by atoms with Crippen LogP contribution < -0.4 is 5.32 Å². The van der Waals surface area contributed by atoms with Crippen molar-refractivity contribution in [3.05, 3.63) is 34.3 Å². The quantitative estimate of drug-likeness (QED) is 0.649. The van der Waals surface area contributed by atoms with E-state index in [0.717, 1.165) is 30.7 Å². The van der Waals surface area contributed by atoms with Gasteiger partial charge < -0.3 is 5.32 Å². The van der Waals surface area contributed by atoms with Gasteiger partial charge in [0.25, 0.3) is 5.91 Å². The zero-order valence-corrected chi connectivity index (χ0v) is 18.6. The second-order valence-corrected chi connectivity index (χ2v) is 11.3. The molecule has 2 saturated carbocycles. The number of nitrogens with zero attached hydrogens (tertiary/aromatic N) is 1. The van der Waals surface area contributed by atoms with Gasteiger partial charge in [-0.3, -0.25) is 4.79 Å². The van der Waals surface area contributed by atoms with Gasteiger partial charge in [-0.25, -0.2) is 12.7 Å². The number of halogens is 1. The van der Waals surface area contributed by atoms with Gasteiger partial charge in [0.1, 0.15) is 0 Å². The summed E-state index contributed by atoms with van der Waals surface area (Å²) >= 11 is 6.23. The Morgan fingerprint density at radius 2 is 2.00 bits per heavy atom. The van der Waals surface area contributed by atoms with Gasteiger partial charge in [0.05, 0.1) is 16.3 Å². The first-order chi connectivity index (χ1) is 13.2. The molecule has 1 aromatic rings. The molecule has 0 aromatic heterocycles. The molecule has 0 bridgehead atoms. The predicted octanol–water partition coefficient (Wildman–Crippen LogP) is 4.00. The molecule has 2 aliphatic rings. The Kier molecular flexibility index (Phi) is 6.42. The molecule has 3 rings (SSSR count). The topological polar surface area (TPSA) is 66.5 Å². The molecular formula is C21H31ClN2O3S. The van der Waals surface area contributed by atoms with Crippen molar-refractivity contribution in [3.8, 4) is 0 Å². The van der Waals surface area contributed by atoms with Gasteiger partial charge in [-0.15, -0.1) is 0 Å². The average Bonchev–Trinajstić information content (AvgIpc) is 3.39. The van der Waals surface area contributed by atoms with E-state index in [4.69, 9.17) is 11.6 Å². The smallest absolute Gasteiger partial charge is 0.252 e. The van der Waals surface area contributed by atoms with Crippen molar-refractivity contribution >= 4 is 27.5 Å². The number of carbonyl (C=O) groups excluding carboxylic acids is 1. The summed E-state index contributed by atoms with van der Waals surface area (Å²) in [4.78, 5) is 12.6. The summed E-state index contributed by atoms with van der Waals surface area (Å²) in [7, 11) is -1.49. The number of hydrogen-bond acceptors (Lipinski definition) is 3. The van der Waals surface area contributed by atoms with Gasteiger partial charge in [0, 0.05) is 19.6 Å². The van der Waals surface area contributed by atoms with Crippen LogP contribution in [0.15, 0.2) is 18.2 Å². The lowest BCUT2D eigenvalue weighted by Gasteiger charge is -2.51. The molecule has 0 heterocycles. The van der Waals surface area contributed by atoms with Gasteiger partial charge >= 0.3 is 0 Å². The van der Waals surface area contributed by atoms with Crippen molar-refractivity contribution in [3.63, 3.8) is 0 Å². The van der Waals surface area contributed by atoms with Gasteiger partial charge in [-0.2, -0.15) is 0 Å². The SMILES string of the molecule is CCCS(=O)(=O)N(C)[C@H]1C[C@](CNC(=O)c2ccc(C)cc2Cl)(CC2CC2)C1. The van der Waals surface area contributed by atoms with E-state index < -0.39 is 10.0 Å². The fourth-order valence-electron chi connectivity index (χ4n) is 4.31. The highest BCUT2D eigenvalue weighted by atomic mass is 35.5. The molecule has 0 radical (unpaired) electrons. The van der Waals surface area contributed by atoms with Crippen LogP contribution in [0.3, 0.4) is 0 Å². The fourth-order valence-corrected chi connectivity index (χ4v) is 6.04. The lowest BCUT2D eigenvalue weighted by molar-refractivity contribution is 0.0334. The Morgan fingerprint density at radius 3 is 2.57 bits per heavy atom. The van der Waals surface area contributed by atoms with Gasteiger partial charge in [0.15, 0.2) is 0 Å². The van der Waals surface area contributed by atoms with Crippen molar-refractivity contribution in [1.82, 2.24) is 9.62 Å². The third-order valence-corrected chi connectivity index (χ3v) is 8.58. The maximum absolute atomic E-state index is 12.6. The monoisotopic (exact) mass is 426 g/mol. The Balaban J connectivity index is 1.63. The van der Waals surface area contributed by atoms with Crippen LogP contribution >= 0.6 is 11.6 Å². The number of amides is 1. The van der Waals surface area contributed by atoms with Crippen LogP contribution in [0, 0.1) is 18.3 Å². The predicted molar refractivity (Wildman–Crippen MR) is 113 cm³/mol. The van der Waals surface area contributed by atoms with Crippen molar-refractivity contribution in [2.45, 2.75) is 58.4 Å². The van der Waals surface area contributed by atoms with Crippen LogP contribution in [0.2, 0.25) is 5.02 Å². The van der Waals surface area contributed by atoms with E-state index in [2.05, 4.69) is 5.32 Å². The van der Waals surface area contributed by atoms with E-state index in [1.807, 2.05) is 19.9 Å². The van der Waals surface area contributed by atoms with Crippen LogP contribution in [-0.2, 0) is 10.0 Å². The number of carbonyl (C=O) groups is 1. The number of aryl methyl sites for hydroxylation is 1. The number of hydrogen-bond donors (Lipinski definition) is 1. The minimum absolute atomic E-state index is 0.00530. The van der Waals surface area contributed by atoms with E-state index in [1.165, 1.54) is 12.8 Å². The van der Waals surface area contributed by atoms with Crippen LogP contribution in [0.4, 0.5) is 0 Å². The largest absolute Gasteiger partial charge is 0.351 e. The standard InChI is InChI=1S/C21H31ClN2O3S/c1-4-9-28(26,27)24(3)17-12-21(13-17,11-16-6-7-16)14-23-20(25)18-8-5-15(2)10-19(18)22/h5,8,10,16-17H,4,6-7,9,11-14H2,1-3H3,(H,23,25)/t17-,21+. The average molecular weight is 427 g/mol. The molecule has 0 spiro atoms. The maximum atomic E-state index is 12.6. The van der Waals surface area contributed by atoms with Crippen LogP contribution in [-0.4, -0.2) is 44.0 Å². The maximum Gasteiger partial charge on any atom is 0.252 e. The summed E-state index contributed by atoms with van der Waals surface area (Å²) in [5.74, 6) is 0.757. The number of nitrogens with one attached hydrogen (secondary N) is 1. The minimum Gasteiger partial charge on any atom is -0.351 e. The Labute approximate surface area is 173 Å². The highest BCUT2D eigenvalue weighted by molar-refractivity contribution is 7.89. The number of sulfonamides is 1. The molecule has 0 atom stereocenters. The molecule has 1 amide bonds. The Bertz CT molecular complexity index is 830. The molecule has 2 aliphatic carbocycles. The first-order valence-corrected chi connectivity index (χ1v) is 12.1. The summed E-state index contributed by atoms with van der Waals surface area (Å²) < 4.78 is 26.3. The first kappa shape index (κ1) is 21.6. The molecule has 1 N–H and O–H groups in total. The molecule has 0 aliphatic heterocycles. The van der Waals surface area contributed by atoms with Gasteiger partial charge in [-0.1, -0.05) is 37.4 Å². The summed E-state index contributed by atoms with van der Waals surface area (Å²) in [6, 6.07) is 5.47. The molecular weight excluding hydrogens is 396 g/mol. The van der Waals surface area contributed by atoms with Crippen LogP contribution in [0.5, 0.6) is 0 Å². The van der Waals surface area contributed by atoms with E-state index in [1.54, 1.807) is 23.5 Å². The Morgan fingerprint density at radius 1 is 1.32 bits per heavy atom. The molecule has 0 saturated heterocycles. The second-order valence-electron chi connectivity index (χ2n) is 8.71. The van der Waals surface area contributed by atoms with Crippen LogP contribution in [0.1, 0.15) is 61.4 Å². The normalized spacial score (nSPS) is 24.8. The first-order valence-electron chi connectivity index (χ1n) is 10.2. The zero-order valence-electron chi connectivity index (χ0n) is 17.0. The van der Waals surface area contributed by atoms with Gasteiger partial charge in [-0.05, 0) is 61.6 Å². The fraction of sp³-hybridized carbons (Fsp3) is 0.667. The second kappa shape index (κ2) is 8.33. The molecule has 7 heteroatoms. The summed E-state index contributed by atoms with van der Waals surface area (Å²) in [6.07, 6.45) is 5.80. The van der Waals surface area contributed by atoms with Crippen molar-refractivity contribution in [2.24, 2.45) is 11.3 Å². The summed E-state index contributed by atoms with van der Waals surface area (Å²) in [5.41, 5.74) is 1.51. The summed E-state index contributed by atoms with van der Waals surface area (Å²) in [6.45, 7) is 4.40. The van der Waals surface area contributed by atoms with Crippen molar-refractivity contribution in [2.75, 3.05) is 19.3 Å². The highest BCUT2D eigenvalue weighted by Gasteiger charge is 2.50. The van der Waals surface area contributed by atoms with E-state index >= 15 is 0 Å². The molecule has 0 unspecified atom stereocenters. The molecule has 5 nitrogen and oxygen atoms in total. The molecule has 156 valence electrons. The molecule has 1 aromatic carbocycles. The van der Waals surface area contributed by atoms with Gasteiger partial charge in [0.2, 0.25) is 10.0 Å². The van der Waals surface area contributed by atoms with Crippen molar-refractivity contribution in [1.29, 1.82) is 0 Å². The van der Waals surface area contributed by atoms with E-state index in [0.29, 0.717) is 23.6 Å². The van der Waals surface area contributed by atoms with E-state index in [9.17, 15) is 13.2 Å². The minimum atomic E-state index is -3.19. The zero-order chi connectivity index (χ0) is 20.5. The number of benzene rings is 1. The third-order valence-electron chi connectivity index (χ3n) is 6.16. The van der Waals surface area contributed by atoms with Crippen molar-refractivity contribution < 1.29 is 13.2 Å². The summed E-state index contributed by atoms with van der Waals surface area (Å²) in [5, 5.41) is 3.53. The Hall–Kier alpha value is -1.11. The van der Waals surface area contributed by atoms with E-state index in [-0.39, 0.29) is 23.1 Å².